The van der Waals surface area contributed by atoms with Crippen LogP contribution in [0.15, 0.2) is 46.0 Å². The second-order valence-electron chi connectivity index (χ2n) is 12.2. The molecule has 3 aliphatic rings. The Morgan fingerprint density at radius 1 is 0.953 bits per heavy atom. The second-order valence-corrected chi connectivity index (χ2v) is 12.2. The summed E-state index contributed by atoms with van der Waals surface area (Å²) in [6, 6.07) is 9.19. The summed E-state index contributed by atoms with van der Waals surface area (Å²) >= 11 is 0. The normalized spacial score (nSPS) is 26.5. The van der Waals surface area contributed by atoms with E-state index in [-0.39, 0.29) is 53.6 Å². The first-order valence-corrected chi connectivity index (χ1v) is 15.0. The molecule has 4 heterocycles. The molecule has 12 nitrogen and oxygen atoms in total. The van der Waals surface area contributed by atoms with Crippen LogP contribution in [0.4, 0.5) is 0 Å². The fraction of sp³-hybridized carbons (Fsp3) is 0.548. The molecule has 3 saturated heterocycles. The number of carbonyl (C=O) groups is 4. The molecule has 3 fully saturated rings. The van der Waals surface area contributed by atoms with Crippen LogP contribution in [0.25, 0.3) is 0 Å². The Kier molecular flexibility index (Phi) is 8.84. The van der Waals surface area contributed by atoms with Crippen molar-refractivity contribution in [3.63, 3.8) is 0 Å². The van der Waals surface area contributed by atoms with Crippen LogP contribution in [-0.2, 0) is 34.9 Å². The van der Waals surface area contributed by atoms with Crippen molar-refractivity contribution in [2.24, 2.45) is 25.9 Å². The Hall–Kier alpha value is -4.22. The van der Waals surface area contributed by atoms with E-state index in [2.05, 4.69) is 10.6 Å². The summed E-state index contributed by atoms with van der Waals surface area (Å²) < 4.78 is 2.15. The lowest BCUT2D eigenvalue weighted by molar-refractivity contribution is -0.145. The van der Waals surface area contributed by atoms with E-state index in [1.807, 2.05) is 35.2 Å². The van der Waals surface area contributed by atoms with E-state index >= 15 is 0 Å². The highest BCUT2D eigenvalue weighted by molar-refractivity contribution is 5.93. The van der Waals surface area contributed by atoms with E-state index in [1.165, 1.54) is 24.7 Å². The van der Waals surface area contributed by atoms with Crippen LogP contribution in [-0.4, -0.2) is 80.3 Å². The van der Waals surface area contributed by atoms with Gasteiger partial charge in [-0.2, -0.15) is 0 Å². The molecule has 1 aromatic heterocycles. The number of aryl methyl sites for hydroxylation is 1. The second kappa shape index (κ2) is 12.6. The molecule has 5 rings (SSSR count). The summed E-state index contributed by atoms with van der Waals surface area (Å²) in [5, 5.41) is 5.73. The van der Waals surface area contributed by atoms with Crippen LogP contribution < -0.4 is 21.9 Å². The molecule has 5 atom stereocenters. The number of benzene rings is 1. The van der Waals surface area contributed by atoms with Gasteiger partial charge in [-0.05, 0) is 56.4 Å². The third-order valence-electron chi connectivity index (χ3n) is 9.13. The van der Waals surface area contributed by atoms with Crippen molar-refractivity contribution in [1.29, 1.82) is 0 Å². The Bertz CT molecular complexity index is 1520. The fourth-order valence-corrected chi connectivity index (χ4v) is 6.82. The molecular formula is C31H40N6O6. The van der Waals surface area contributed by atoms with Gasteiger partial charge in [-0.25, -0.2) is 4.79 Å². The molecule has 2 aromatic rings. The Balaban J connectivity index is 1.32. The van der Waals surface area contributed by atoms with Gasteiger partial charge in [-0.3, -0.25) is 33.1 Å². The number of amides is 4. The molecule has 0 radical (unpaired) electrons. The molecule has 2 N–H and O–H groups in total. The van der Waals surface area contributed by atoms with Crippen molar-refractivity contribution in [2.45, 2.75) is 63.6 Å². The van der Waals surface area contributed by atoms with E-state index < -0.39 is 23.3 Å². The van der Waals surface area contributed by atoms with Crippen molar-refractivity contribution >= 4 is 23.6 Å². The van der Waals surface area contributed by atoms with Gasteiger partial charge in [0.1, 0.15) is 17.8 Å². The number of aromatic nitrogens is 2. The molecule has 2 bridgehead atoms. The zero-order valence-corrected chi connectivity index (χ0v) is 25.0. The highest BCUT2D eigenvalue weighted by atomic mass is 16.2. The number of nitrogens with one attached hydrogen (secondary N) is 2. The highest BCUT2D eigenvalue weighted by Gasteiger charge is 2.45. The monoisotopic (exact) mass is 592 g/mol. The maximum absolute atomic E-state index is 13.8. The predicted molar refractivity (Wildman–Crippen MR) is 158 cm³/mol. The van der Waals surface area contributed by atoms with E-state index in [4.69, 9.17) is 0 Å². The van der Waals surface area contributed by atoms with E-state index in [9.17, 15) is 28.8 Å². The molecule has 0 spiro atoms. The molecule has 4 amide bonds. The Morgan fingerprint density at radius 2 is 1.70 bits per heavy atom. The van der Waals surface area contributed by atoms with Gasteiger partial charge in [-0.1, -0.05) is 30.3 Å². The molecule has 0 unspecified atom stereocenters. The predicted octanol–water partition coefficient (Wildman–Crippen LogP) is 0.179. The summed E-state index contributed by atoms with van der Waals surface area (Å²) in [7, 11) is 2.84. The minimum atomic E-state index is -0.780. The van der Waals surface area contributed by atoms with Crippen molar-refractivity contribution in [2.75, 3.05) is 19.6 Å². The first kappa shape index (κ1) is 30.2. The lowest BCUT2D eigenvalue weighted by Gasteiger charge is -2.51. The lowest BCUT2D eigenvalue weighted by atomic mass is 9.77. The third-order valence-corrected chi connectivity index (χ3v) is 9.13. The van der Waals surface area contributed by atoms with Crippen LogP contribution in [0.1, 0.15) is 55.1 Å². The van der Waals surface area contributed by atoms with Gasteiger partial charge in [0, 0.05) is 52.3 Å². The number of nitrogens with zero attached hydrogens (tertiary/aromatic N) is 4. The molecule has 0 saturated carbocycles. The van der Waals surface area contributed by atoms with Gasteiger partial charge in [0.25, 0.3) is 11.5 Å². The number of fused-ring (bicyclic) bond motifs is 4. The number of hydrogen-bond acceptors (Lipinski definition) is 6. The summed E-state index contributed by atoms with van der Waals surface area (Å²) in [5.41, 5.74) is -0.0152. The molecule has 3 aliphatic heterocycles. The summed E-state index contributed by atoms with van der Waals surface area (Å²) in [5.74, 6) is -1.19. The number of rotatable bonds is 4. The maximum atomic E-state index is 13.8. The first-order chi connectivity index (χ1) is 20.5. The lowest BCUT2D eigenvalue weighted by Crippen LogP contribution is -2.63. The zero-order chi connectivity index (χ0) is 30.8. The molecule has 230 valence electrons. The Labute approximate surface area is 250 Å². The van der Waals surface area contributed by atoms with Crippen LogP contribution >= 0.6 is 0 Å². The van der Waals surface area contributed by atoms with Crippen LogP contribution in [0.5, 0.6) is 0 Å². The molecule has 12 heteroatoms. The first-order valence-electron chi connectivity index (χ1n) is 15.0. The SMILES string of the molecule is C[C@H]1NC(=O)[C@H](CCc2ccccc2)NC(=O)CCC[C@H]2[C@@H]3C[C@@H](CN(C(=O)c4cc(=O)n(C)c(=O)n4C)C3)CN2C1=O. The van der Waals surface area contributed by atoms with Crippen LogP contribution in [0, 0.1) is 11.8 Å². The minimum absolute atomic E-state index is 0.00389. The summed E-state index contributed by atoms with van der Waals surface area (Å²) in [4.78, 5) is 81.8. The van der Waals surface area contributed by atoms with Crippen molar-refractivity contribution < 1.29 is 19.2 Å². The zero-order valence-electron chi connectivity index (χ0n) is 25.0. The van der Waals surface area contributed by atoms with Gasteiger partial charge < -0.3 is 20.4 Å². The van der Waals surface area contributed by atoms with Gasteiger partial charge in [-0.15, -0.1) is 0 Å². The number of piperidine rings is 2. The van der Waals surface area contributed by atoms with E-state index in [0.29, 0.717) is 45.3 Å². The largest absolute Gasteiger partial charge is 0.344 e. The average molecular weight is 593 g/mol. The summed E-state index contributed by atoms with van der Waals surface area (Å²) in [6.45, 7) is 2.85. The minimum Gasteiger partial charge on any atom is -0.344 e. The third kappa shape index (κ3) is 6.42. The molecule has 0 aliphatic carbocycles. The maximum Gasteiger partial charge on any atom is 0.331 e. The topological polar surface area (TPSA) is 143 Å². The van der Waals surface area contributed by atoms with E-state index in [1.54, 1.807) is 11.8 Å². The highest BCUT2D eigenvalue weighted by Crippen LogP contribution is 2.36. The molecular weight excluding hydrogens is 552 g/mol. The van der Waals surface area contributed by atoms with Crippen LogP contribution in [0.2, 0.25) is 0 Å². The van der Waals surface area contributed by atoms with Gasteiger partial charge in [0.15, 0.2) is 0 Å². The molecule has 1 aromatic carbocycles. The van der Waals surface area contributed by atoms with Crippen molar-refractivity contribution in [1.82, 2.24) is 29.6 Å². The summed E-state index contributed by atoms with van der Waals surface area (Å²) in [6.07, 6.45) is 3.18. The van der Waals surface area contributed by atoms with Crippen molar-refractivity contribution in [3.8, 4) is 0 Å². The van der Waals surface area contributed by atoms with Gasteiger partial charge in [0.05, 0.1) is 0 Å². The van der Waals surface area contributed by atoms with Crippen LogP contribution in [0.3, 0.4) is 0 Å². The van der Waals surface area contributed by atoms with Gasteiger partial charge >= 0.3 is 5.69 Å². The van der Waals surface area contributed by atoms with Gasteiger partial charge in [0.2, 0.25) is 17.7 Å². The number of hydrogen-bond donors (Lipinski definition) is 2. The number of carbonyl (C=O) groups excluding carboxylic acids is 4. The fourth-order valence-electron chi connectivity index (χ4n) is 6.82. The quantitative estimate of drug-likeness (QED) is 0.519. The Morgan fingerprint density at radius 3 is 2.44 bits per heavy atom. The average Bonchev–Trinajstić information content (AvgIpc) is 2.99. The van der Waals surface area contributed by atoms with Crippen molar-refractivity contribution in [3.05, 3.63) is 68.5 Å². The standard InChI is InChI=1S/C31H40N6O6/c1-19-29(41)37-17-21-14-22(18-36(16-21)30(42)25-15-27(39)35(3)31(43)34(25)2)24(37)10-7-11-26(38)33-23(28(40)32-19)13-12-20-8-5-4-6-9-20/h4-6,8-9,15,19,21-24H,7,10-14,16-18H2,1-3H3,(H,32,40)(H,33,38)/t19-,21+,22-,23+,24+/m1/s1. The van der Waals surface area contributed by atoms with E-state index in [0.717, 1.165) is 16.6 Å². The molecule has 43 heavy (non-hydrogen) atoms. The number of likely N-dealkylation sites (tertiary alicyclic amines) is 1. The smallest absolute Gasteiger partial charge is 0.331 e.